The Labute approximate surface area is 142 Å². The summed E-state index contributed by atoms with van der Waals surface area (Å²) in [6.07, 6.45) is 0.776. The number of aromatic nitrogens is 2. The number of benzene rings is 1. The number of rotatable bonds is 2. The molecular weight excluding hydrogens is 337 g/mol. The average molecular weight is 356 g/mol. The number of aliphatic hydroxyl groups is 1. The standard InChI is InChI=1S/C15H15F3N2O.C2H4O2/c16-15(17,18)11-3-1-2-10(8-11)14-19-6-7-20(14)12-4-5-13(21)9-12;1-2(3)4/h1-3,6-8,12-13,21H,4-5,9H2;1H3,(H,3,4)/t12-,13+;/m1./s1. The van der Waals surface area contributed by atoms with Crippen LogP contribution in [0.2, 0.25) is 0 Å². The number of hydrogen-bond acceptors (Lipinski definition) is 3. The van der Waals surface area contributed by atoms with Crippen LogP contribution in [-0.4, -0.2) is 31.8 Å². The van der Waals surface area contributed by atoms with Gasteiger partial charge in [-0.25, -0.2) is 4.98 Å². The van der Waals surface area contributed by atoms with E-state index in [1.807, 2.05) is 4.57 Å². The maximum absolute atomic E-state index is 12.8. The van der Waals surface area contributed by atoms with E-state index in [1.54, 1.807) is 18.5 Å². The van der Waals surface area contributed by atoms with Crippen LogP contribution in [0.3, 0.4) is 0 Å². The summed E-state index contributed by atoms with van der Waals surface area (Å²) < 4.78 is 40.3. The molecular formula is C17H19F3N2O3. The quantitative estimate of drug-likeness (QED) is 0.859. The van der Waals surface area contributed by atoms with E-state index >= 15 is 0 Å². The predicted octanol–water partition coefficient (Wildman–Crippen LogP) is 3.75. The molecule has 1 aliphatic rings. The summed E-state index contributed by atoms with van der Waals surface area (Å²) in [6.45, 7) is 1.08. The van der Waals surface area contributed by atoms with E-state index in [0.717, 1.165) is 25.5 Å². The van der Waals surface area contributed by atoms with Gasteiger partial charge in [-0.1, -0.05) is 12.1 Å². The number of alkyl halides is 3. The van der Waals surface area contributed by atoms with E-state index in [9.17, 15) is 18.3 Å². The van der Waals surface area contributed by atoms with Crippen LogP contribution in [0.5, 0.6) is 0 Å². The van der Waals surface area contributed by atoms with Crippen LogP contribution in [0.25, 0.3) is 11.4 Å². The van der Waals surface area contributed by atoms with Crippen molar-refractivity contribution in [1.29, 1.82) is 0 Å². The highest BCUT2D eigenvalue weighted by Gasteiger charge is 2.31. The third-order valence-corrected chi connectivity index (χ3v) is 3.89. The summed E-state index contributed by atoms with van der Waals surface area (Å²) in [5, 5.41) is 17.0. The Balaban J connectivity index is 0.000000511. The molecule has 0 amide bonds. The first kappa shape index (κ1) is 19.0. The third kappa shape index (κ3) is 5.06. The fourth-order valence-electron chi connectivity index (χ4n) is 2.85. The number of hydrogen-bond donors (Lipinski definition) is 2. The second-order valence-corrected chi connectivity index (χ2v) is 5.88. The first-order valence-corrected chi connectivity index (χ1v) is 7.76. The Morgan fingerprint density at radius 3 is 2.56 bits per heavy atom. The van der Waals surface area contributed by atoms with Crippen LogP contribution in [0, 0.1) is 0 Å². The maximum Gasteiger partial charge on any atom is 0.416 e. The number of imidazole rings is 1. The summed E-state index contributed by atoms with van der Waals surface area (Å²) in [7, 11) is 0. The molecule has 5 nitrogen and oxygen atoms in total. The van der Waals surface area contributed by atoms with Crippen LogP contribution in [0.1, 0.15) is 37.8 Å². The van der Waals surface area contributed by atoms with E-state index in [4.69, 9.17) is 9.90 Å². The highest BCUT2D eigenvalue weighted by Crippen LogP contribution is 2.35. The number of halogens is 3. The van der Waals surface area contributed by atoms with Crippen molar-refractivity contribution < 1.29 is 28.2 Å². The number of aliphatic hydroxyl groups excluding tert-OH is 1. The molecule has 0 radical (unpaired) electrons. The number of aliphatic carboxylic acids is 1. The minimum absolute atomic E-state index is 0.0899. The number of carboxylic acid groups (broad SMARTS) is 1. The monoisotopic (exact) mass is 356 g/mol. The number of nitrogens with zero attached hydrogens (tertiary/aromatic N) is 2. The van der Waals surface area contributed by atoms with Crippen molar-refractivity contribution in [2.75, 3.05) is 0 Å². The van der Waals surface area contributed by atoms with Gasteiger partial charge in [0, 0.05) is 30.9 Å². The molecule has 0 bridgehead atoms. The fraction of sp³-hybridized carbons (Fsp3) is 0.412. The van der Waals surface area contributed by atoms with Crippen molar-refractivity contribution in [2.24, 2.45) is 0 Å². The molecule has 0 saturated heterocycles. The zero-order valence-corrected chi connectivity index (χ0v) is 13.6. The van der Waals surface area contributed by atoms with Crippen molar-refractivity contribution >= 4 is 5.97 Å². The van der Waals surface area contributed by atoms with Crippen LogP contribution in [0.15, 0.2) is 36.7 Å². The molecule has 0 spiro atoms. The zero-order chi connectivity index (χ0) is 18.6. The Morgan fingerprint density at radius 1 is 1.32 bits per heavy atom. The lowest BCUT2D eigenvalue weighted by molar-refractivity contribution is -0.137. The Hall–Kier alpha value is -2.35. The Morgan fingerprint density at radius 2 is 2.00 bits per heavy atom. The molecule has 1 saturated carbocycles. The van der Waals surface area contributed by atoms with Crippen LogP contribution in [-0.2, 0) is 11.0 Å². The van der Waals surface area contributed by atoms with E-state index in [-0.39, 0.29) is 12.1 Å². The van der Waals surface area contributed by atoms with E-state index in [1.165, 1.54) is 6.07 Å². The molecule has 1 aliphatic carbocycles. The normalized spacial score (nSPS) is 20.0. The van der Waals surface area contributed by atoms with Crippen molar-refractivity contribution in [3.05, 3.63) is 42.2 Å². The summed E-state index contributed by atoms with van der Waals surface area (Å²) in [6, 6.07) is 5.27. The van der Waals surface area contributed by atoms with Crippen molar-refractivity contribution in [1.82, 2.24) is 9.55 Å². The van der Waals surface area contributed by atoms with Gasteiger partial charge in [-0.15, -0.1) is 0 Å². The summed E-state index contributed by atoms with van der Waals surface area (Å²) in [5.74, 6) is -0.319. The molecule has 1 heterocycles. The predicted molar refractivity (Wildman–Crippen MR) is 84.9 cm³/mol. The Bertz CT molecular complexity index is 724. The van der Waals surface area contributed by atoms with Gasteiger partial charge in [0.15, 0.2) is 0 Å². The molecule has 0 unspecified atom stereocenters. The van der Waals surface area contributed by atoms with Gasteiger partial charge in [0.2, 0.25) is 0 Å². The highest BCUT2D eigenvalue weighted by molar-refractivity contribution is 5.63. The molecule has 2 N–H and O–H groups in total. The first-order valence-electron chi connectivity index (χ1n) is 7.76. The lowest BCUT2D eigenvalue weighted by Gasteiger charge is -2.16. The molecule has 0 aliphatic heterocycles. The van der Waals surface area contributed by atoms with Crippen molar-refractivity contribution in [2.45, 2.75) is 44.5 Å². The zero-order valence-electron chi connectivity index (χ0n) is 13.6. The number of carboxylic acids is 1. The molecule has 2 aromatic rings. The second-order valence-electron chi connectivity index (χ2n) is 5.88. The largest absolute Gasteiger partial charge is 0.481 e. The molecule has 25 heavy (non-hydrogen) atoms. The molecule has 2 atom stereocenters. The summed E-state index contributed by atoms with van der Waals surface area (Å²) >= 11 is 0. The maximum atomic E-state index is 12.8. The van der Waals surface area contributed by atoms with Crippen LogP contribution >= 0.6 is 0 Å². The van der Waals surface area contributed by atoms with Gasteiger partial charge in [0.1, 0.15) is 5.82 Å². The summed E-state index contributed by atoms with van der Waals surface area (Å²) in [5.41, 5.74) is -0.239. The molecule has 3 rings (SSSR count). The molecule has 1 aromatic heterocycles. The van der Waals surface area contributed by atoms with E-state index < -0.39 is 17.7 Å². The Kier molecular flexibility index (Phi) is 5.84. The van der Waals surface area contributed by atoms with Gasteiger partial charge >= 0.3 is 6.18 Å². The van der Waals surface area contributed by atoms with Gasteiger partial charge in [-0.3, -0.25) is 4.79 Å². The minimum atomic E-state index is -4.36. The van der Waals surface area contributed by atoms with E-state index in [2.05, 4.69) is 4.98 Å². The van der Waals surface area contributed by atoms with Gasteiger partial charge in [0.05, 0.1) is 11.7 Å². The number of carbonyl (C=O) groups is 1. The highest BCUT2D eigenvalue weighted by atomic mass is 19.4. The lowest BCUT2D eigenvalue weighted by atomic mass is 10.1. The van der Waals surface area contributed by atoms with Gasteiger partial charge in [-0.05, 0) is 31.4 Å². The topological polar surface area (TPSA) is 75.3 Å². The first-order chi connectivity index (χ1) is 11.7. The van der Waals surface area contributed by atoms with Crippen molar-refractivity contribution in [3.63, 3.8) is 0 Å². The van der Waals surface area contributed by atoms with Crippen LogP contribution < -0.4 is 0 Å². The lowest BCUT2D eigenvalue weighted by Crippen LogP contribution is -2.09. The smallest absolute Gasteiger partial charge is 0.416 e. The third-order valence-electron chi connectivity index (χ3n) is 3.89. The van der Waals surface area contributed by atoms with Gasteiger partial charge in [0.25, 0.3) is 5.97 Å². The summed E-state index contributed by atoms with van der Waals surface area (Å²) in [4.78, 5) is 13.2. The fourth-order valence-corrected chi connectivity index (χ4v) is 2.85. The van der Waals surface area contributed by atoms with Crippen molar-refractivity contribution in [3.8, 4) is 11.4 Å². The molecule has 8 heteroatoms. The molecule has 1 aromatic carbocycles. The van der Waals surface area contributed by atoms with Crippen LogP contribution in [0.4, 0.5) is 13.2 Å². The second kappa shape index (κ2) is 7.69. The van der Waals surface area contributed by atoms with Gasteiger partial charge in [-0.2, -0.15) is 13.2 Å². The SMILES string of the molecule is CC(=O)O.O[C@H]1CC[C@@H](n2ccnc2-c2cccc(C(F)(F)F)c2)C1. The van der Waals surface area contributed by atoms with E-state index in [0.29, 0.717) is 24.2 Å². The average Bonchev–Trinajstić information content (AvgIpc) is 3.14. The molecule has 136 valence electrons. The molecule has 1 fully saturated rings. The minimum Gasteiger partial charge on any atom is -0.481 e. The van der Waals surface area contributed by atoms with Gasteiger partial charge < -0.3 is 14.8 Å².